The number of aromatic nitrogens is 8. The van der Waals surface area contributed by atoms with E-state index >= 15 is 0 Å². The van der Waals surface area contributed by atoms with E-state index in [2.05, 4.69) is 40.1 Å². The van der Waals surface area contributed by atoms with E-state index in [9.17, 15) is 9.59 Å². The van der Waals surface area contributed by atoms with Gasteiger partial charge in [-0.05, 0) is 73.4 Å². The third kappa shape index (κ3) is 9.51. The molecule has 13 heteroatoms. The molecule has 0 saturated heterocycles. The first kappa shape index (κ1) is 32.0. The van der Waals surface area contributed by atoms with Crippen molar-refractivity contribution in [1.82, 2.24) is 40.1 Å². The molecule has 6 aromatic heterocycles. The summed E-state index contributed by atoms with van der Waals surface area (Å²) in [5.74, 6) is -0.884. The third-order valence-corrected chi connectivity index (χ3v) is 5.32. The van der Waals surface area contributed by atoms with Gasteiger partial charge < -0.3 is 20.3 Å². The summed E-state index contributed by atoms with van der Waals surface area (Å²) in [6, 6.07) is 22.6. The van der Waals surface area contributed by atoms with Gasteiger partial charge in [-0.25, -0.2) is 9.59 Å². The first-order chi connectivity index (χ1) is 20.4. The molecule has 0 bridgehead atoms. The Morgan fingerprint density at radius 3 is 1.35 bits per heavy atom. The van der Waals surface area contributed by atoms with Crippen LogP contribution in [-0.2, 0) is 19.5 Å². The quantitative estimate of drug-likeness (QED) is 0.248. The second-order valence-corrected chi connectivity index (χ2v) is 8.30. The summed E-state index contributed by atoms with van der Waals surface area (Å²) in [5, 5.41) is 25.4. The van der Waals surface area contributed by atoms with E-state index in [4.69, 9.17) is 10.2 Å². The molecule has 215 valence electrons. The Labute approximate surface area is 258 Å². The van der Waals surface area contributed by atoms with Crippen LogP contribution >= 0.6 is 0 Å². The Kier molecular flexibility index (Phi) is 11.9. The smallest absolute Gasteiger partial charge is 0.478 e. The number of aryl methyl sites for hydroxylation is 1. The van der Waals surface area contributed by atoms with Crippen LogP contribution in [0.3, 0.4) is 0 Å². The number of hydrogen-bond acceptors (Lipinski definition) is 9. The second-order valence-electron chi connectivity index (χ2n) is 8.30. The molecule has 0 unspecified atom stereocenters. The van der Waals surface area contributed by atoms with Gasteiger partial charge in [0, 0.05) is 36.8 Å². The topological polar surface area (TPSA) is 179 Å². The van der Waals surface area contributed by atoms with Crippen molar-refractivity contribution >= 4 is 11.9 Å². The van der Waals surface area contributed by atoms with Crippen molar-refractivity contribution in [3.05, 3.63) is 127 Å². The van der Waals surface area contributed by atoms with Crippen LogP contribution in [0.15, 0.2) is 110 Å². The molecular formula is C30H23N8O4Ru. The standard InChI is InChI=1S/C12H8N2O4.C10H8N2.C8H7N4.Ru/c15-11(16)7-1-3-13-9(5-7)10-6-8(12(17)18)2-4-14-10;1-3-7-11-9(5-1)10-6-2-4-8-12-10;1-6-10-8(12-11-6)7-4-2-3-5-9-7;/h1-6H,(H,15,16)(H,17,18);1-8H;2-5H,1H3;/q;;-1;+1. The SMILES string of the molecule is Cc1n[n-]c(-c2ccccn2)n1.O=C(O)c1ccnc(-c2cc(C(=O)O)ccn2)c1.[Ru+].c1ccc(-c2ccccn2)nc1. The number of hydrogen-bond donors (Lipinski definition) is 2. The zero-order valence-corrected chi connectivity index (χ0v) is 24.3. The van der Waals surface area contributed by atoms with E-state index < -0.39 is 11.9 Å². The number of carbonyl (C=O) groups is 2. The number of pyridine rings is 5. The van der Waals surface area contributed by atoms with Crippen molar-refractivity contribution in [2.45, 2.75) is 6.92 Å². The van der Waals surface area contributed by atoms with Gasteiger partial charge >= 0.3 is 31.4 Å². The summed E-state index contributed by atoms with van der Waals surface area (Å²) in [6.45, 7) is 1.80. The molecule has 0 aromatic carbocycles. The van der Waals surface area contributed by atoms with Gasteiger partial charge in [0.25, 0.3) is 0 Å². The minimum Gasteiger partial charge on any atom is -0.478 e. The van der Waals surface area contributed by atoms with E-state index in [-0.39, 0.29) is 30.6 Å². The van der Waals surface area contributed by atoms with E-state index in [0.717, 1.165) is 17.1 Å². The van der Waals surface area contributed by atoms with Crippen LogP contribution in [0.25, 0.3) is 34.3 Å². The van der Waals surface area contributed by atoms with Crippen LogP contribution in [0, 0.1) is 6.92 Å². The summed E-state index contributed by atoms with van der Waals surface area (Å²) in [5.41, 5.74) is 3.37. The van der Waals surface area contributed by atoms with E-state index in [1.54, 1.807) is 25.5 Å². The molecule has 0 aliphatic carbocycles. The normalized spacial score (nSPS) is 9.70. The van der Waals surface area contributed by atoms with Gasteiger partial charge in [0.1, 0.15) is 0 Å². The summed E-state index contributed by atoms with van der Waals surface area (Å²) in [4.78, 5) is 46.1. The fourth-order valence-corrected chi connectivity index (χ4v) is 3.36. The van der Waals surface area contributed by atoms with Crippen LogP contribution in [0.2, 0.25) is 0 Å². The van der Waals surface area contributed by atoms with Gasteiger partial charge in [0.05, 0.1) is 39.6 Å². The molecule has 6 rings (SSSR count). The van der Waals surface area contributed by atoms with Crippen molar-refractivity contribution in [3.63, 3.8) is 0 Å². The largest absolute Gasteiger partial charge is 1.00 e. The molecule has 0 aliphatic rings. The predicted octanol–water partition coefficient (Wildman–Crippen LogP) is 4.49. The maximum atomic E-state index is 10.8. The Balaban J connectivity index is 0.000000180. The molecule has 0 atom stereocenters. The molecule has 1 radical (unpaired) electrons. The maximum absolute atomic E-state index is 10.8. The van der Waals surface area contributed by atoms with Crippen molar-refractivity contribution in [1.29, 1.82) is 0 Å². The van der Waals surface area contributed by atoms with Gasteiger partial charge in [-0.15, -0.1) is 0 Å². The zero-order valence-electron chi connectivity index (χ0n) is 22.5. The fraction of sp³-hybridized carbons (Fsp3) is 0.0333. The summed E-state index contributed by atoms with van der Waals surface area (Å²) >= 11 is 0. The van der Waals surface area contributed by atoms with E-state index in [0.29, 0.717) is 23.0 Å². The van der Waals surface area contributed by atoms with Gasteiger partial charge in [0.2, 0.25) is 0 Å². The first-order valence-corrected chi connectivity index (χ1v) is 12.4. The van der Waals surface area contributed by atoms with E-state index in [1.165, 1.54) is 36.7 Å². The molecule has 6 heterocycles. The molecule has 0 saturated carbocycles. The second kappa shape index (κ2) is 16.0. The Hall–Kier alpha value is -5.55. The Morgan fingerprint density at radius 2 is 1.00 bits per heavy atom. The van der Waals surface area contributed by atoms with E-state index in [1.807, 2.05) is 54.6 Å². The van der Waals surface area contributed by atoms with Crippen LogP contribution in [0.4, 0.5) is 0 Å². The minimum atomic E-state index is -1.08. The van der Waals surface area contributed by atoms with Crippen LogP contribution in [0.1, 0.15) is 26.5 Å². The molecular weight excluding hydrogens is 637 g/mol. The Morgan fingerprint density at radius 1 is 0.581 bits per heavy atom. The average molecular weight is 661 g/mol. The first-order valence-electron chi connectivity index (χ1n) is 12.4. The van der Waals surface area contributed by atoms with Gasteiger partial charge in [-0.2, -0.15) is 0 Å². The molecule has 0 aliphatic heterocycles. The predicted molar refractivity (Wildman–Crippen MR) is 152 cm³/mol. The average Bonchev–Trinajstić information content (AvgIpc) is 3.49. The number of carboxylic acid groups (broad SMARTS) is 2. The van der Waals surface area contributed by atoms with Crippen molar-refractivity contribution < 1.29 is 39.3 Å². The van der Waals surface area contributed by atoms with Crippen molar-refractivity contribution in [2.24, 2.45) is 0 Å². The van der Waals surface area contributed by atoms with Crippen LogP contribution < -0.4 is 5.10 Å². The van der Waals surface area contributed by atoms with Gasteiger partial charge in [-0.1, -0.05) is 18.2 Å². The number of rotatable bonds is 5. The van der Waals surface area contributed by atoms with Crippen LogP contribution in [0.5, 0.6) is 0 Å². The molecule has 43 heavy (non-hydrogen) atoms. The number of carboxylic acids is 2. The summed E-state index contributed by atoms with van der Waals surface area (Å²) in [7, 11) is 0. The third-order valence-electron chi connectivity index (χ3n) is 5.32. The number of aromatic carboxylic acids is 2. The van der Waals surface area contributed by atoms with Crippen molar-refractivity contribution in [2.75, 3.05) is 0 Å². The van der Waals surface area contributed by atoms with Crippen LogP contribution in [-0.4, -0.2) is 57.2 Å². The molecule has 0 amide bonds. The summed E-state index contributed by atoms with van der Waals surface area (Å²) in [6.07, 6.45) is 7.93. The monoisotopic (exact) mass is 661 g/mol. The minimum absolute atomic E-state index is 0. The summed E-state index contributed by atoms with van der Waals surface area (Å²) < 4.78 is 0. The maximum Gasteiger partial charge on any atom is 1.00 e. The van der Waals surface area contributed by atoms with Gasteiger partial charge in [0.15, 0.2) is 0 Å². The molecule has 2 N–H and O–H groups in total. The van der Waals surface area contributed by atoms with Gasteiger partial charge in [-0.3, -0.25) is 30.0 Å². The number of nitrogens with zero attached hydrogens (tertiary/aromatic N) is 8. The Bertz CT molecular complexity index is 1660. The molecule has 0 fully saturated rings. The zero-order chi connectivity index (χ0) is 29.7. The van der Waals surface area contributed by atoms with Crippen molar-refractivity contribution in [3.8, 4) is 34.3 Å². The molecule has 12 nitrogen and oxygen atoms in total. The molecule has 6 aromatic rings. The fourth-order valence-electron chi connectivity index (χ4n) is 3.36. The molecule has 0 spiro atoms.